The largest absolute Gasteiger partial charge is 0.504 e. The smallest absolute Gasteiger partial charge is 0.340 e. The molecule has 45 heavy (non-hydrogen) atoms. The topological polar surface area (TPSA) is 311 Å². The normalized spacial score (nSPS) is 22.9. The fraction of sp³-hybridized carbons (Fsp3) is 0.222. The highest BCUT2D eigenvalue weighted by Gasteiger charge is 2.50. The Kier molecular flexibility index (Phi) is 7.49. The molecule has 0 spiro atoms. The molecular weight excluding hydrogens is 612 g/mol. The molecule has 0 unspecified atom stereocenters. The first-order valence-corrected chi connectivity index (χ1v) is 12.5. The van der Waals surface area contributed by atoms with Gasteiger partial charge in [0.2, 0.25) is 17.8 Å². The van der Waals surface area contributed by atoms with Crippen molar-refractivity contribution in [2.75, 3.05) is 6.61 Å². The molecule has 0 amide bonds. The molecule has 0 bridgehead atoms. The van der Waals surface area contributed by atoms with Gasteiger partial charge in [0, 0.05) is 11.1 Å². The molecule has 11 N–H and O–H groups in total. The fourth-order valence-corrected chi connectivity index (χ4v) is 4.72. The monoisotopic (exact) mass is 634 g/mol. The summed E-state index contributed by atoms with van der Waals surface area (Å²) < 4.78 is 20.9. The number of rotatable bonds is 2. The number of esters is 3. The maximum Gasteiger partial charge on any atom is 0.340 e. The van der Waals surface area contributed by atoms with Crippen LogP contribution in [0.25, 0.3) is 11.1 Å². The van der Waals surface area contributed by atoms with Crippen LogP contribution >= 0.6 is 0 Å². The van der Waals surface area contributed by atoms with Gasteiger partial charge in [-0.15, -0.1) is 0 Å². The number of phenolic OH excluding ortho intramolecular Hbond substituents is 9. The zero-order valence-corrected chi connectivity index (χ0v) is 22.2. The summed E-state index contributed by atoms with van der Waals surface area (Å²) in [6.45, 7) is -0.948. The molecule has 1 fully saturated rings. The number of benzene rings is 3. The van der Waals surface area contributed by atoms with Crippen molar-refractivity contribution in [3.05, 3.63) is 41.0 Å². The highest BCUT2D eigenvalue weighted by atomic mass is 16.7. The number of hydrogen-bond acceptors (Lipinski definition) is 18. The van der Waals surface area contributed by atoms with Crippen LogP contribution in [0.15, 0.2) is 24.3 Å². The molecule has 3 aromatic rings. The molecule has 18 heteroatoms. The van der Waals surface area contributed by atoms with Gasteiger partial charge in [-0.05, 0) is 24.3 Å². The summed E-state index contributed by atoms with van der Waals surface area (Å²) >= 11 is 0. The van der Waals surface area contributed by atoms with Crippen molar-refractivity contribution in [3.63, 3.8) is 0 Å². The van der Waals surface area contributed by atoms with Gasteiger partial charge in [-0.1, -0.05) is 0 Å². The van der Waals surface area contributed by atoms with Crippen molar-refractivity contribution in [2.24, 2.45) is 0 Å². The molecule has 3 aromatic carbocycles. The highest BCUT2D eigenvalue weighted by Crippen LogP contribution is 2.53. The average Bonchev–Trinajstić information content (AvgIpc) is 3.01. The number of aliphatic hydroxyl groups is 2. The molecule has 0 radical (unpaired) electrons. The number of aliphatic hydroxyl groups excluding tert-OH is 2. The van der Waals surface area contributed by atoms with E-state index in [0.29, 0.717) is 24.3 Å². The Bertz CT molecular complexity index is 1730. The predicted molar refractivity (Wildman–Crippen MR) is 139 cm³/mol. The van der Waals surface area contributed by atoms with Gasteiger partial charge in [0.05, 0.1) is 16.7 Å². The minimum atomic E-state index is -2.18. The SMILES string of the molecule is O=C(O[C@@H]1O[C@@H]2COC(=O)c3cc(O)c(O)c(O)c3-c3c(cc(O)c(O)c3O)C(=O)O[C@H]2[C@H](O)[C@H]1O)c1cc(O)c(O)c(O)c1. The number of ether oxygens (including phenoxy) is 4. The molecule has 2 heterocycles. The lowest BCUT2D eigenvalue weighted by Crippen LogP contribution is -2.61. The number of fused-ring (bicyclic) bond motifs is 4. The van der Waals surface area contributed by atoms with E-state index in [9.17, 15) is 70.6 Å². The molecule has 0 saturated carbocycles. The van der Waals surface area contributed by atoms with E-state index >= 15 is 0 Å². The van der Waals surface area contributed by atoms with Crippen LogP contribution in [-0.4, -0.2) is 111 Å². The van der Waals surface area contributed by atoms with Gasteiger partial charge in [0.25, 0.3) is 0 Å². The Morgan fingerprint density at radius 2 is 1.16 bits per heavy atom. The van der Waals surface area contributed by atoms with E-state index in [1.54, 1.807) is 0 Å². The van der Waals surface area contributed by atoms with Crippen molar-refractivity contribution in [1.29, 1.82) is 0 Å². The number of carbonyl (C=O) groups is 3. The van der Waals surface area contributed by atoms with Crippen LogP contribution in [-0.2, 0) is 18.9 Å². The summed E-state index contributed by atoms with van der Waals surface area (Å²) in [6, 6.07) is 2.51. The van der Waals surface area contributed by atoms with Crippen LogP contribution < -0.4 is 0 Å². The van der Waals surface area contributed by atoms with E-state index in [4.69, 9.17) is 18.9 Å². The van der Waals surface area contributed by atoms with Gasteiger partial charge in [-0.3, -0.25) is 0 Å². The average molecular weight is 634 g/mol. The Morgan fingerprint density at radius 1 is 0.667 bits per heavy atom. The second kappa shape index (κ2) is 11.0. The van der Waals surface area contributed by atoms with Crippen molar-refractivity contribution in [3.8, 4) is 62.9 Å². The first-order chi connectivity index (χ1) is 21.1. The number of hydrogen-bond donors (Lipinski definition) is 11. The number of aromatic hydroxyl groups is 9. The second-order valence-electron chi connectivity index (χ2n) is 9.79. The molecule has 1 saturated heterocycles. The van der Waals surface area contributed by atoms with Crippen LogP contribution in [0.3, 0.4) is 0 Å². The van der Waals surface area contributed by atoms with E-state index < -0.39 is 135 Å². The second-order valence-corrected chi connectivity index (χ2v) is 9.79. The molecule has 0 aliphatic carbocycles. The first kappa shape index (κ1) is 30.6. The predicted octanol–water partition coefficient (Wildman–Crippen LogP) is -0.297. The van der Waals surface area contributed by atoms with Gasteiger partial charge in [-0.25, -0.2) is 14.4 Å². The van der Waals surface area contributed by atoms with Crippen molar-refractivity contribution < 1.29 is 89.5 Å². The first-order valence-electron chi connectivity index (χ1n) is 12.5. The fourth-order valence-electron chi connectivity index (χ4n) is 4.72. The Balaban J connectivity index is 1.57. The number of phenols is 9. The highest BCUT2D eigenvalue weighted by molar-refractivity contribution is 6.08. The quantitative estimate of drug-likeness (QED) is 0.0979. The third kappa shape index (κ3) is 5.07. The van der Waals surface area contributed by atoms with Crippen molar-refractivity contribution in [2.45, 2.75) is 30.7 Å². The molecule has 2 aliphatic rings. The molecular formula is C27H22O18. The van der Waals surface area contributed by atoms with Gasteiger partial charge in [-0.2, -0.15) is 0 Å². The molecule has 0 aromatic heterocycles. The summed E-state index contributed by atoms with van der Waals surface area (Å²) in [5, 5.41) is 112. The Labute approximate surface area is 248 Å². The zero-order valence-electron chi connectivity index (χ0n) is 22.2. The number of cyclic esters (lactones) is 1. The summed E-state index contributed by atoms with van der Waals surface area (Å²) in [5.74, 6) is -14.3. The molecule has 5 atom stereocenters. The van der Waals surface area contributed by atoms with Crippen LogP contribution in [0.5, 0.6) is 51.7 Å². The van der Waals surface area contributed by atoms with E-state index in [0.717, 1.165) is 0 Å². The van der Waals surface area contributed by atoms with E-state index in [-0.39, 0.29) is 0 Å². The molecule has 238 valence electrons. The number of carbonyl (C=O) groups excluding carboxylic acids is 3. The minimum absolute atomic E-state index is 0.539. The van der Waals surface area contributed by atoms with Gasteiger partial charge in [0.15, 0.2) is 46.4 Å². The van der Waals surface area contributed by atoms with E-state index in [1.807, 2.05) is 0 Å². The van der Waals surface area contributed by atoms with Crippen LogP contribution in [0, 0.1) is 0 Å². The minimum Gasteiger partial charge on any atom is -0.504 e. The molecule has 18 nitrogen and oxygen atoms in total. The lowest BCUT2D eigenvalue weighted by molar-refractivity contribution is -0.284. The Morgan fingerprint density at radius 3 is 1.69 bits per heavy atom. The standard InChI is InChI=1S/C27H22O18/c28-9-1-6(2-10(29)16(9)32)24(39)45-27-22(38)21(37)23-13(43-27)5-42-25(40)7-3-11(30)17(33)19(35)14(7)15-8(26(41)44-23)4-12(31)18(34)20(15)36/h1-4,13,21-23,27-38H,5H2/t13-,21-,22-,23-,27+/m1/s1. The zero-order chi connectivity index (χ0) is 33.1. The van der Waals surface area contributed by atoms with Crippen molar-refractivity contribution >= 4 is 17.9 Å². The van der Waals surface area contributed by atoms with Crippen LogP contribution in [0.2, 0.25) is 0 Å². The van der Waals surface area contributed by atoms with Crippen molar-refractivity contribution in [1.82, 2.24) is 0 Å². The van der Waals surface area contributed by atoms with E-state index in [2.05, 4.69) is 0 Å². The third-order valence-electron chi connectivity index (χ3n) is 6.99. The molecule has 2 aliphatic heterocycles. The third-order valence-corrected chi connectivity index (χ3v) is 6.99. The van der Waals surface area contributed by atoms with Gasteiger partial charge >= 0.3 is 17.9 Å². The summed E-state index contributed by atoms with van der Waals surface area (Å²) in [7, 11) is 0. The molecule has 5 rings (SSSR count). The maximum atomic E-state index is 13.4. The summed E-state index contributed by atoms with van der Waals surface area (Å²) in [4.78, 5) is 39.3. The van der Waals surface area contributed by atoms with E-state index in [1.165, 1.54) is 0 Å². The lowest BCUT2D eigenvalue weighted by atomic mass is 9.92. The van der Waals surface area contributed by atoms with Gasteiger partial charge in [0.1, 0.15) is 24.9 Å². The van der Waals surface area contributed by atoms with Crippen LogP contribution in [0.4, 0.5) is 0 Å². The summed E-state index contributed by atoms with van der Waals surface area (Å²) in [5.41, 5.74) is -3.99. The summed E-state index contributed by atoms with van der Waals surface area (Å²) in [6.07, 6.45) is -10.1. The van der Waals surface area contributed by atoms with Crippen LogP contribution in [0.1, 0.15) is 31.1 Å². The maximum absolute atomic E-state index is 13.4. The lowest BCUT2D eigenvalue weighted by Gasteiger charge is -2.41. The Hall–Kier alpha value is -5.85. The van der Waals surface area contributed by atoms with Gasteiger partial charge < -0.3 is 75.1 Å².